The highest BCUT2D eigenvalue weighted by Crippen LogP contribution is 2.38. The molecule has 0 aliphatic carbocycles. The van der Waals surface area contributed by atoms with E-state index in [0.717, 1.165) is 21.9 Å². The summed E-state index contributed by atoms with van der Waals surface area (Å²) in [6.07, 6.45) is 0. The van der Waals surface area contributed by atoms with Crippen molar-refractivity contribution >= 4 is 43.7 Å². The van der Waals surface area contributed by atoms with Crippen LogP contribution in [0.4, 0.5) is 0 Å². The van der Waals surface area contributed by atoms with Gasteiger partial charge in [0.15, 0.2) is 11.6 Å². The van der Waals surface area contributed by atoms with Gasteiger partial charge in [-0.15, -0.1) is 0 Å². The molecular formula is C39H24N4O. The van der Waals surface area contributed by atoms with Gasteiger partial charge in [0.05, 0.1) is 24.8 Å². The van der Waals surface area contributed by atoms with Crippen LogP contribution in [0.2, 0.25) is 0 Å². The molecule has 206 valence electrons. The van der Waals surface area contributed by atoms with E-state index >= 15 is 0 Å². The molecular weight excluding hydrogens is 540 g/mol. The molecule has 0 aliphatic rings. The third kappa shape index (κ3) is 3.83. The van der Waals surface area contributed by atoms with E-state index in [0.29, 0.717) is 28.1 Å². The van der Waals surface area contributed by atoms with Gasteiger partial charge < -0.3 is 4.42 Å². The highest BCUT2D eigenvalue weighted by molar-refractivity contribution is 6.10. The summed E-state index contributed by atoms with van der Waals surface area (Å²) in [7, 11) is 0. The Labute approximate surface area is 261 Å². The minimum Gasteiger partial charge on any atom is -0.455 e. The average molecular weight is 571 g/mol. The zero-order chi connectivity index (χ0) is 34.3. The lowest BCUT2D eigenvalue weighted by Gasteiger charge is -2.11. The molecule has 0 amide bonds. The molecule has 9 rings (SSSR count). The van der Waals surface area contributed by atoms with Gasteiger partial charge in [0.1, 0.15) is 11.2 Å². The van der Waals surface area contributed by atoms with Crippen molar-refractivity contribution < 1.29 is 12.6 Å². The Balaban J connectivity index is 1.36. The summed E-state index contributed by atoms with van der Waals surface area (Å²) in [6, 6.07) is 32.9. The number of benzene rings is 6. The van der Waals surface area contributed by atoms with E-state index in [1.807, 2.05) is 78.9 Å². The normalized spacial score (nSPS) is 13.5. The van der Waals surface area contributed by atoms with E-state index in [1.54, 1.807) is 0 Å². The van der Waals surface area contributed by atoms with Crippen molar-refractivity contribution in [3.63, 3.8) is 0 Å². The maximum absolute atomic E-state index is 8.92. The molecule has 3 aromatic heterocycles. The van der Waals surface area contributed by atoms with Gasteiger partial charge in [-0.25, -0.2) is 4.98 Å². The monoisotopic (exact) mass is 570 g/mol. The molecule has 44 heavy (non-hydrogen) atoms. The van der Waals surface area contributed by atoms with Crippen LogP contribution in [0, 0.1) is 0 Å². The molecule has 0 atom stereocenters. The van der Waals surface area contributed by atoms with Gasteiger partial charge >= 0.3 is 0 Å². The summed E-state index contributed by atoms with van der Waals surface area (Å²) in [5.74, 6) is 0.662. The molecule has 5 heteroatoms. The average Bonchev–Trinajstić information content (AvgIpc) is 3.71. The first-order valence-corrected chi connectivity index (χ1v) is 14.1. The van der Waals surface area contributed by atoms with Crippen molar-refractivity contribution in [2.75, 3.05) is 0 Å². The van der Waals surface area contributed by atoms with E-state index in [4.69, 9.17) is 27.6 Å². The predicted octanol–water partition coefficient (Wildman–Crippen LogP) is 9.87. The molecule has 0 saturated heterocycles. The minimum atomic E-state index is -0.210. The first-order chi connectivity index (χ1) is 24.3. The summed E-state index contributed by atoms with van der Waals surface area (Å²) >= 11 is 0. The first kappa shape index (κ1) is 19.2. The van der Waals surface area contributed by atoms with Crippen LogP contribution in [0.5, 0.6) is 0 Å². The number of furan rings is 1. The summed E-state index contributed by atoms with van der Waals surface area (Å²) in [5, 5.41) is 2.06. The van der Waals surface area contributed by atoms with Crippen LogP contribution >= 0.6 is 0 Å². The Morgan fingerprint density at radius 1 is 0.523 bits per heavy atom. The van der Waals surface area contributed by atoms with Gasteiger partial charge in [-0.3, -0.25) is 4.57 Å². The van der Waals surface area contributed by atoms with Crippen LogP contribution in [-0.4, -0.2) is 19.5 Å². The summed E-state index contributed by atoms with van der Waals surface area (Å²) in [5.41, 5.74) is 5.00. The Bertz CT molecular complexity index is 2760. The number of aromatic nitrogens is 4. The van der Waals surface area contributed by atoms with Crippen molar-refractivity contribution in [3.05, 3.63) is 145 Å². The molecule has 0 saturated carbocycles. The smallest absolute Gasteiger partial charge is 0.238 e. The highest BCUT2D eigenvalue weighted by atomic mass is 16.3. The van der Waals surface area contributed by atoms with Crippen LogP contribution < -0.4 is 0 Å². The minimum absolute atomic E-state index is 0.0598. The number of hydrogen-bond acceptors (Lipinski definition) is 4. The van der Waals surface area contributed by atoms with Crippen LogP contribution in [0.15, 0.2) is 150 Å². The predicted molar refractivity (Wildman–Crippen MR) is 178 cm³/mol. The van der Waals surface area contributed by atoms with Crippen molar-refractivity contribution in [1.29, 1.82) is 0 Å². The van der Waals surface area contributed by atoms with Crippen molar-refractivity contribution in [1.82, 2.24) is 19.5 Å². The standard InChI is InChI=1S/C39H24N4O/c1-3-12-25(13-4-1)27-22-23-30-31-18-11-19-32(36(31)44-35(30)24-27)38-40-37(26-14-5-2-6-15-26)41-39(42-38)43-33-20-9-7-16-28(33)29-17-8-10-21-34(29)43/h1-24H/i7D,8D,16D,17D,20D,21D. The SMILES string of the molecule is [2H]c1cc([2H])c2c(c1[2H])c1c([2H])c([2H])cc([2H])c1n2-c1nc(-c2ccccc2)nc(-c2cccc3c2oc2cc(-c4ccccc4)ccc23)n1. The number of rotatable bonds is 4. The maximum atomic E-state index is 8.92. The van der Waals surface area contributed by atoms with Crippen LogP contribution in [0.1, 0.15) is 8.22 Å². The molecule has 0 aliphatic heterocycles. The van der Waals surface area contributed by atoms with Gasteiger partial charge in [0, 0.05) is 27.1 Å². The van der Waals surface area contributed by atoms with Crippen molar-refractivity contribution in [2.45, 2.75) is 0 Å². The molecule has 5 nitrogen and oxygen atoms in total. The van der Waals surface area contributed by atoms with E-state index in [2.05, 4.69) is 18.2 Å². The lowest BCUT2D eigenvalue weighted by molar-refractivity contribution is 0.669. The van der Waals surface area contributed by atoms with E-state index in [-0.39, 0.29) is 69.8 Å². The largest absolute Gasteiger partial charge is 0.455 e. The summed E-state index contributed by atoms with van der Waals surface area (Å²) in [4.78, 5) is 14.7. The van der Waals surface area contributed by atoms with Gasteiger partial charge in [-0.05, 0) is 41.4 Å². The topological polar surface area (TPSA) is 56.7 Å². The molecule has 3 heterocycles. The second-order valence-corrected chi connectivity index (χ2v) is 10.4. The number of nitrogens with zero attached hydrogens (tertiary/aromatic N) is 4. The van der Waals surface area contributed by atoms with Crippen molar-refractivity contribution in [2.24, 2.45) is 0 Å². The number of fused-ring (bicyclic) bond motifs is 6. The van der Waals surface area contributed by atoms with E-state index < -0.39 is 0 Å². The molecule has 0 fully saturated rings. The zero-order valence-corrected chi connectivity index (χ0v) is 23.1. The van der Waals surface area contributed by atoms with E-state index in [9.17, 15) is 0 Å². The fourth-order valence-corrected chi connectivity index (χ4v) is 5.80. The van der Waals surface area contributed by atoms with Crippen LogP contribution in [-0.2, 0) is 0 Å². The quantitative estimate of drug-likeness (QED) is 0.211. The second-order valence-electron chi connectivity index (χ2n) is 10.4. The molecule has 0 spiro atoms. The van der Waals surface area contributed by atoms with Gasteiger partial charge in [0.2, 0.25) is 5.95 Å². The Morgan fingerprint density at radius 2 is 1.20 bits per heavy atom. The molecule has 0 radical (unpaired) electrons. The molecule has 0 bridgehead atoms. The summed E-state index contributed by atoms with van der Waals surface area (Å²) in [6.45, 7) is 0. The number of para-hydroxylation sites is 3. The van der Waals surface area contributed by atoms with Gasteiger partial charge in [-0.2, -0.15) is 9.97 Å². The highest BCUT2D eigenvalue weighted by Gasteiger charge is 2.20. The number of hydrogen-bond donors (Lipinski definition) is 0. The molecule has 0 N–H and O–H groups in total. The van der Waals surface area contributed by atoms with Gasteiger partial charge in [-0.1, -0.05) is 115 Å². The first-order valence-electron chi connectivity index (χ1n) is 17.1. The van der Waals surface area contributed by atoms with Crippen molar-refractivity contribution in [3.8, 4) is 39.9 Å². The Kier molecular flexibility index (Phi) is 4.25. The fraction of sp³-hybridized carbons (Fsp3) is 0. The lowest BCUT2D eigenvalue weighted by atomic mass is 10.0. The summed E-state index contributed by atoms with van der Waals surface area (Å²) < 4.78 is 60.2. The fourth-order valence-electron chi connectivity index (χ4n) is 5.80. The van der Waals surface area contributed by atoms with Gasteiger partial charge in [0.25, 0.3) is 0 Å². The Hall–Kier alpha value is -6.07. The third-order valence-corrected chi connectivity index (χ3v) is 7.83. The zero-order valence-electron chi connectivity index (χ0n) is 29.1. The Morgan fingerprint density at radius 3 is 1.93 bits per heavy atom. The second kappa shape index (κ2) is 9.75. The van der Waals surface area contributed by atoms with E-state index in [1.165, 1.54) is 16.7 Å². The van der Waals surface area contributed by atoms with Crippen LogP contribution in [0.25, 0.3) is 83.6 Å². The molecule has 9 aromatic rings. The molecule has 6 aromatic carbocycles. The maximum Gasteiger partial charge on any atom is 0.238 e. The molecule has 0 unspecified atom stereocenters. The lowest BCUT2D eigenvalue weighted by Crippen LogP contribution is -2.06. The third-order valence-electron chi connectivity index (χ3n) is 7.83. The van der Waals surface area contributed by atoms with Crippen LogP contribution in [0.3, 0.4) is 0 Å².